The van der Waals surface area contributed by atoms with Gasteiger partial charge in [0.2, 0.25) is 0 Å². The van der Waals surface area contributed by atoms with Gasteiger partial charge in [0.05, 0.1) is 148 Å². The quantitative estimate of drug-likeness (QED) is 0.0323. The molecule has 12 heteroatoms. The number of rotatable bonds is 84. The molecule has 0 aromatic rings. The van der Waals surface area contributed by atoms with Crippen molar-refractivity contribution in [2.45, 2.75) is 551 Å². The van der Waals surface area contributed by atoms with Gasteiger partial charge in [-0.15, -0.1) is 0 Å². The Labute approximate surface area is 766 Å². The molecule has 0 N–H and O–H groups in total. The highest BCUT2D eigenvalue weighted by molar-refractivity contribution is 7.77. The highest BCUT2D eigenvalue weighted by Crippen LogP contribution is 2.62. The first-order valence-corrected chi connectivity index (χ1v) is 69.7. The zero-order valence-corrected chi connectivity index (χ0v) is 93.7. The predicted octanol–water partition coefficient (Wildman–Crippen LogP) is 23.9. The summed E-state index contributed by atoms with van der Waals surface area (Å²) in [6.07, 6.45) is 124. The summed E-state index contributed by atoms with van der Waals surface area (Å²) >= 11 is 0. The van der Waals surface area contributed by atoms with Crippen molar-refractivity contribution in [2.75, 3.05) is 148 Å². The van der Waals surface area contributed by atoms with E-state index in [0.717, 1.165) is 0 Å². The summed E-state index contributed by atoms with van der Waals surface area (Å²) < 4.78 is 0. The van der Waals surface area contributed by atoms with Crippen LogP contribution in [0.15, 0.2) is 0 Å². The van der Waals surface area contributed by atoms with Crippen LogP contribution in [-0.2, 0) is 0 Å². The molecule has 0 aromatic carbocycles. The monoisotopic (exact) mass is 1840 g/mol. The lowest BCUT2D eigenvalue weighted by Gasteiger charge is -2.23. The summed E-state index contributed by atoms with van der Waals surface area (Å²) in [6, 6.07) is 0. The van der Waals surface area contributed by atoms with E-state index in [0.29, 0.717) is 0 Å². The van der Waals surface area contributed by atoms with Gasteiger partial charge in [-0.05, 0) is 202 Å². The first-order chi connectivity index (χ1) is 55.5. The second-order valence-electron chi connectivity index (χ2n) is 37.2. The third-order valence-corrected chi connectivity index (χ3v) is 61.7. The summed E-state index contributed by atoms with van der Waals surface area (Å²) in [5.41, 5.74) is 0. The lowest BCUT2D eigenvalue weighted by molar-refractivity contribution is -0.00100. The van der Waals surface area contributed by atoms with E-state index in [1.165, 1.54) is 496 Å². The smallest absolute Gasteiger partial charge is 0.0594 e. The van der Waals surface area contributed by atoms with Crippen LogP contribution in [-0.4, -0.2) is 148 Å². The molecule has 0 saturated carbocycles. The number of hydrogen-bond acceptors (Lipinski definition) is 0. The third kappa shape index (κ3) is 94.8. The first-order valence-electron chi connectivity index (χ1n) is 54.6. The molecule has 0 aliphatic heterocycles. The Hall–Kier alpha value is 2.16. The largest absolute Gasteiger partial charge is 1.00 e. The molecule has 0 nitrogen and oxygen atoms in total. The highest BCUT2D eigenvalue weighted by atomic mass is 31.2. The van der Waals surface area contributed by atoms with Crippen molar-refractivity contribution < 1.29 is 28.2 Å². The van der Waals surface area contributed by atoms with Gasteiger partial charge in [0.25, 0.3) is 0 Å². The number of halogens is 6. The molecule has 0 bridgehead atoms. The SMILES string of the molecule is CCCCCCCCCCCC[P+](CC)(CC)CC.CCCCCCCCCCCC[P+](CC)(CC)CC.CCCCCCCCCCCC[P+](CC)(CC)CC.CCCCCCCCCCCC[P+](CC)(CC)CC.CCCCCCCCCCCC[P+](CC)(CC)CC.CCCCCCCCCCCC[P+](CC)(CC)CC.[F-].[F-].[F-].[F-].[F-].[F-]. The standard InChI is InChI=1S/6C18H40P.6FH/c6*1-5-9-10-11-12-13-14-15-16-17-18-19(6-2,7-3)8-4;;;;;;/h6*5-18H2,1-4H3;6*1H/q6*+1;;;;;;/p-6. The molecule has 744 valence electrons. The summed E-state index contributed by atoms with van der Waals surface area (Å²) in [4.78, 5) is 0. The Morgan fingerprint density at radius 3 is 0.200 bits per heavy atom. The molecule has 0 radical (unpaired) electrons. The lowest BCUT2D eigenvalue weighted by Crippen LogP contribution is -3.00. The van der Waals surface area contributed by atoms with E-state index >= 15 is 0 Å². The molecule has 0 amide bonds. The fraction of sp³-hybridized carbons (Fsp3) is 1.00. The molecule has 0 spiro atoms. The minimum absolute atomic E-state index is 0. The highest BCUT2D eigenvalue weighted by Gasteiger charge is 2.34. The predicted molar refractivity (Wildman–Crippen MR) is 572 cm³/mol. The van der Waals surface area contributed by atoms with Crippen LogP contribution in [0.4, 0.5) is 0 Å². The number of hydrogen-bond donors (Lipinski definition) is 0. The van der Waals surface area contributed by atoms with Crippen LogP contribution < -0.4 is 28.2 Å². The molecular formula is C108H240F6P6. The normalized spacial score (nSPS) is 11.4. The van der Waals surface area contributed by atoms with Crippen molar-refractivity contribution in [2.24, 2.45) is 0 Å². The molecule has 0 atom stereocenters. The lowest BCUT2D eigenvalue weighted by atomic mass is 10.1. The average molecular weight is 1840 g/mol. The van der Waals surface area contributed by atoms with Crippen LogP contribution in [0.1, 0.15) is 551 Å². The molecule has 0 unspecified atom stereocenters. The van der Waals surface area contributed by atoms with Crippen molar-refractivity contribution in [3.8, 4) is 0 Å². The van der Waals surface area contributed by atoms with Gasteiger partial charge in [0, 0.05) is 43.6 Å². The third-order valence-electron chi connectivity index (χ3n) is 30.0. The van der Waals surface area contributed by atoms with Gasteiger partial charge in [-0.1, -0.05) is 350 Å². The maximum atomic E-state index is 2.43. The van der Waals surface area contributed by atoms with Gasteiger partial charge < -0.3 is 28.2 Å². The van der Waals surface area contributed by atoms with Crippen LogP contribution in [0.2, 0.25) is 0 Å². The molecular weight excluding hydrogens is 1600 g/mol. The van der Waals surface area contributed by atoms with Crippen LogP contribution in [0, 0.1) is 0 Å². The van der Waals surface area contributed by atoms with Gasteiger partial charge in [0.1, 0.15) is 0 Å². The van der Waals surface area contributed by atoms with Crippen molar-refractivity contribution >= 4 is 43.6 Å². The Balaban J connectivity index is -0.000000115. The van der Waals surface area contributed by atoms with Gasteiger partial charge in [-0.25, -0.2) is 0 Å². The fourth-order valence-corrected chi connectivity index (χ4v) is 37.6. The van der Waals surface area contributed by atoms with Crippen LogP contribution in [0.5, 0.6) is 0 Å². The van der Waals surface area contributed by atoms with Gasteiger partial charge in [-0.3, -0.25) is 0 Å². The minimum Gasteiger partial charge on any atom is -1.00 e. The van der Waals surface area contributed by atoms with Crippen molar-refractivity contribution in [3.05, 3.63) is 0 Å². The van der Waals surface area contributed by atoms with E-state index in [1.54, 1.807) is 37.0 Å². The van der Waals surface area contributed by atoms with E-state index in [2.05, 4.69) is 166 Å². The van der Waals surface area contributed by atoms with Crippen LogP contribution in [0.3, 0.4) is 0 Å². The summed E-state index contributed by atoms with van der Waals surface area (Å²) in [5.74, 6) is 0. The van der Waals surface area contributed by atoms with Crippen LogP contribution in [0.25, 0.3) is 0 Å². The van der Waals surface area contributed by atoms with Crippen LogP contribution >= 0.6 is 43.6 Å². The summed E-state index contributed by atoms with van der Waals surface area (Å²) in [5, 5.41) is 0. The van der Waals surface area contributed by atoms with Gasteiger partial charge in [-0.2, -0.15) is 0 Å². The molecule has 0 rings (SSSR count). The van der Waals surface area contributed by atoms with E-state index in [4.69, 9.17) is 0 Å². The van der Waals surface area contributed by atoms with E-state index in [1.807, 2.05) is 0 Å². The van der Waals surface area contributed by atoms with E-state index in [-0.39, 0.29) is 28.2 Å². The molecule has 0 fully saturated rings. The molecule has 0 aliphatic rings. The minimum atomic E-state index is -0.513. The second-order valence-corrected chi connectivity index (χ2v) is 67.3. The Morgan fingerprint density at radius 2 is 0.142 bits per heavy atom. The zero-order valence-electron chi connectivity index (χ0n) is 88.3. The van der Waals surface area contributed by atoms with Crippen molar-refractivity contribution in [1.82, 2.24) is 0 Å². The molecule has 0 aromatic heterocycles. The maximum absolute atomic E-state index is 2.43. The van der Waals surface area contributed by atoms with Gasteiger partial charge in [0.15, 0.2) is 0 Å². The maximum Gasteiger partial charge on any atom is 0.0594 e. The second kappa shape index (κ2) is 117. The molecule has 0 aliphatic carbocycles. The van der Waals surface area contributed by atoms with Gasteiger partial charge >= 0.3 is 0 Å². The Morgan fingerprint density at radius 1 is 0.0833 bits per heavy atom. The summed E-state index contributed by atoms with van der Waals surface area (Å²) in [6.45, 7) is 57.5. The zero-order chi connectivity index (χ0) is 86.4. The molecule has 120 heavy (non-hydrogen) atoms. The number of unbranched alkanes of at least 4 members (excludes halogenated alkanes) is 54. The van der Waals surface area contributed by atoms with Crippen molar-refractivity contribution in [3.63, 3.8) is 0 Å². The molecule has 0 saturated heterocycles. The topological polar surface area (TPSA) is 0 Å². The molecule has 0 heterocycles. The van der Waals surface area contributed by atoms with E-state index < -0.39 is 43.6 Å². The average Bonchev–Trinajstić information content (AvgIpc) is 0.939. The Bertz CT molecular complexity index is 1330. The fourth-order valence-electron chi connectivity index (χ4n) is 18.5. The van der Waals surface area contributed by atoms with Crippen molar-refractivity contribution in [1.29, 1.82) is 0 Å². The summed E-state index contributed by atoms with van der Waals surface area (Å²) in [7, 11) is -3.08. The first kappa shape index (κ1) is 148. The van der Waals surface area contributed by atoms with E-state index in [9.17, 15) is 0 Å². The Kier molecular flexibility index (Phi) is 144.